The molecule has 0 spiro atoms. The molecule has 7 nitrogen and oxygen atoms in total. The molecule has 120 valence electrons. The van der Waals surface area contributed by atoms with Gasteiger partial charge >= 0.3 is 0 Å². The predicted octanol–water partition coefficient (Wildman–Crippen LogP) is 2.15. The molecule has 8 heteroatoms. The summed E-state index contributed by atoms with van der Waals surface area (Å²) < 4.78 is 2.93. The van der Waals surface area contributed by atoms with Crippen molar-refractivity contribution in [3.8, 4) is 11.4 Å². The Morgan fingerprint density at radius 3 is 2.71 bits per heavy atom. The van der Waals surface area contributed by atoms with Crippen LogP contribution < -0.4 is 0 Å². The number of aromatic nitrogens is 5. The van der Waals surface area contributed by atoms with Crippen molar-refractivity contribution in [2.45, 2.75) is 13.1 Å². The molecule has 3 aromatic rings. The summed E-state index contributed by atoms with van der Waals surface area (Å²) in [4.78, 5) is 22.5. The number of hydrogen-bond donors (Lipinski definition) is 0. The van der Waals surface area contributed by atoms with Crippen LogP contribution in [0.5, 0.6) is 0 Å². The molecule has 4 heterocycles. The zero-order chi connectivity index (χ0) is 16.5. The smallest absolute Gasteiger partial charge is 0.254 e. The van der Waals surface area contributed by atoms with E-state index in [0.29, 0.717) is 25.2 Å². The van der Waals surface area contributed by atoms with Crippen molar-refractivity contribution in [2.24, 2.45) is 0 Å². The van der Waals surface area contributed by atoms with Gasteiger partial charge in [0, 0.05) is 53.5 Å². The molecule has 1 aliphatic heterocycles. The van der Waals surface area contributed by atoms with Gasteiger partial charge < -0.3 is 9.47 Å². The number of amides is 1. The highest BCUT2D eigenvalue weighted by atomic mass is 79.9. The van der Waals surface area contributed by atoms with Crippen molar-refractivity contribution >= 4 is 21.8 Å². The third kappa shape index (κ3) is 2.69. The second-order valence-electron chi connectivity index (χ2n) is 5.45. The van der Waals surface area contributed by atoms with E-state index < -0.39 is 0 Å². The summed E-state index contributed by atoms with van der Waals surface area (Å²) >= 11 is 3.42. The maximum atomic E-state index is 12.6. The maximum Gasteiger partial charge on any atom is 0.254 e. The molecule has 0 saturated heterocycles. The molecule has 0 atom stereocenters. The molecule has 0 aromatic carbocycles. The highest BCUT2D eigenvalue weighted by Gasteiger charge is 2.25. The van der Waals surface area contributed by atoms with E-state index in [1.165, 1.54) is 0 Å². The summed E-state index contributed by atoms with van der Waals surface area (Å²) in [7, 11) is 0. The number of nitrogens with zero attached hydrogens (tertiary/aromatic N) is 6. The van der Waals surface area contributed by atoms with Crippen LogP contribution in [0.15, 0.2) is 47.5 Å². The predicted molar refractivity (Wildman–Crippen MR) is 89.9 cm³/mol. The van der Waals surface area contributed by atoms with Gasteiger partial charge in [-0.3, -0.25) is 14.8 Å². The van der Waals surface area contributed by atoms with Gasteiger partial charge in [-0.2, -0.15) is 0 Å². The van der Waals surface area contributed by atoms with Gasteiger partial charge in [-0.25, -0.2) is 0 Å². The van der Waals surface area contributed by atoms with Crippen molar-refractivity contribution in [3.63, 3.8) is 0 Å². The third-order valence-electron chi connectivity index (χ3n) is 3.93. The fraction of sp³-hybridized carbons (Fsp3) is 0.188. The van der Waals surface area contributed by atoms with Crippen molar-refractivity contribution < 1.29 is 4.79 Å². The van der Waals surface area contributed by atoms with Gasteiger partial charge in [0.2, 0.25) is 0 Å². The van der Waals surface area contributed by atoms with Gasteiger partial charge in [-0.15, -0.1) is 10.2 Å². The second-order valence-corrected chi connectivity index (χ2v) is 6.36. The largest absolute Gasteiger partial charge is 0.329 e. The first-order valence-electron chi connectivity index (χ1n) is 7.44. The topological polar surface area (TPSA) is 76.8 Å². The number of pyridine rings is 2. The van der Waals surface area contributed by atoms with E-state index in [1.54, 1.807) is 41.8 Å². The van der Waals surface area contributed by atoms with E-state index in [-0.39, 0.29) is 5.91 Å². The van der Waals surface area contributed by atoms with Crippen LogP contribution in [-0.4, -0.2) is 42.1 Å². The Morgan fingerprint density at radius 2 is 1.92 bits per heavy atom. The lowest BCUT2D eigenvalue weighted by Crippen LogP contribution is -2.38. The summed E-state index contributed by atoms with van der Waals surface area (Å²) in [5, 5.41) is 8.53. The van der Waals surface area contributed by atoms with E-state index in [4.69, 9.17) is 0 Å². The van der Waals surface area contributed by atoms with E-state index in [1.807, 2.05) is 10.6 Å². The summed E-state index contributed by atoms with van der Waals surface area (Å²) in [6, 6.07) is 5.40. The number of hydrogen-bond acceptors (Lipinski definition) is 5. The van der Waals surface area contributed by atoms with E-state index >= 15 is 0 Å². The molecule has 1 amide bonds. The van der Waals surface area contributed by atoms with Gasteiger partial charge in [0.15, 0.2) is 11.6 Å². The first kappa shape index (κ1) is 14.9. The SMILES string of the molecule is O=C(c1ccncc1)N1CCn2c(nnc2-c2cncc(Br)c2)C1. The molecular formula is C16H13BrN6O. The Labute approximate surface area is 146 Å². The van der Waals surface area contributed by atoms with Crippen LogP contribution in [0, 0.1) is 0 Å². The van der Waals surface area contributed by atoms with Crippen molar-refractivity contribution in [2.75, 3.05) is 6.54 Å². The van der Waals surface area contributed by atoms with Crippen LogP contribution in [0.4, 0.5) is 0 Å². The summed E-state index contributed by atoms with van der Waals surface area (Å²) in [5.74, 6) is 1.53. The zero-order valence-corrected chi connectivity index (χ0v) is 14.2. The number of fused-ring (bicyclic) bond motifs is 1. The molecule has 3 aromatic heterocycles. The van der Waals surface area contributed by atoms with Crippen molar-refractivity contribution in [1.82, 2.24) is 29.6 Å². The third-order valence-corrected chi connectivity index (χ3v) is 4.36. The van der Waals surface area contributed by atoms with Gasteiger partial charge in [0.1, 0.15) is 0 Å². The van der Waals surface area contributed by atoms with E-state index in [0.717, 1.165) is 21.7 Å². The minimum atomic E-state index is -0.0164. The molecular weight excluding hydrogens is 372 g/mol. The van der Waals surface area contributed by atoms with Gasteiger partial charge in [0.25, 0.3) is 5.91 Å². The maximum absolute atomic E-state index is 12.6. The van der Waals surface area contributed by atoms with Crippen LogP contribution >= 0.6 is 15.9 Å². The molecule has 0 aliphatic carbocycles. The van der Waals surface area contributed by atoms with Crippen molar-refractivity contribution in [3.05, 3.63) is 58.8 Å². The molecule has 0 fully saturated rings. The lowest BCUT2D eigenvalue weighted by molar-refractivity contribution is 0.0708. The van der Waals surface area contributed by atoms with Crippen LogP contribution in [0.1, 0.15) is 16.2 Å². The monoisotopic (exact) mass is 384 g/mol. The highest BCUT2D eigenvalue weighted by molar-refractivity contribution is 9.10. The summed E-state index contributed by atoms with van der Waals surface area (Å²) in [6.07, 6.45) is 6.73. The van der Waals surface area contributed by atoms with Crippen LogP contribution in [0.25, 0.3) is 11.4 Å². The Balaban J connectivity index is 1.60. The highest BCUT2D eigenvalue weighted by Crippen LogP contribution is 2.24. The molecule has 0 bridgehead atoms. The quantitative estimate of drug-likeness (QED) is 0.676. The fourth-order valence-electron chi connectivity index (χ4n) is 2.76. The van der Waals surface area contributed by atoms with Gasteiger partial charge in [-0.05, 0) is 34.1 Å². The Hall–Kier alpha value is -2.61. The van der Waals surface area contributed by atoms with Gasteiger partial charge in [-0.1, -0.05) is 0 Å². The van der Waals surface area contributed by atoms with E-state index in [9.17, 15) is 4.79 Å². The number of carbonyl (C=O) groups is 1. The summed E-state index contributed by atoms with van der Waals surface area (Å²) in [5.41, 5.74) is 1.53. The lowest BCUT2D eigenvalue weighted by Gasteiger charge is -2.27. The fourth-order valence-corrected chi connectivity index (χ4v) is 3.12. The Kier molecular flexibility index (Phi) is 3.81. The normalized spacial score (nSPS) is 13.6. The Morgan fingerprint density at radius 1 is 1.08 bits per heavy atom. The van der Waals surface area contributed by atoms with Crippen LogP contribution in [0.3, 0.4) is 0 Å². The minimum Gasteiger partial charge on any atom is -0.329 e. The second kappa shape index (κ2) is 6.12. The van der Waals surface area contributed by atoms with E-state index in [2.05, 4.69) is 36.1 Å². The van der Waals surface area contributed by atoms with Gasteiger partial charge in [0.05, 0.1) is 6.54 Å². The van der Waals surface area contributed by atoms with Crippen LogP contribution in [0.2, 0.25) is 0 Å². The molecule has 0 unspecified atom stereocenters. The minimum absolute atomic E-state index is 0.0164. The average molecular weight is 385 g/mol. The molecule has 0 radical (unpaired) electrons. The van der Waals surface area contributed by atoms with Crippen molar-refractivity contribution in [1.29, 1.82) is 0 Å². The standard InChI is InChI=1S/C16H13BrN6O/c17-13-7-12(8-19-9-13)15-21-20-14-10-22(5-6-23(14)15)16(24)11-1-3-18-4-2-11/h1-4,7-9H,5-6,10H2. The summed E-state index contributed by atoms with van der Waals surface area (Å²) in [6.45, 7) is 1.71. The molecule has 0 saturated carbocycles. The molecule has 24 heavy (non-hydrogen) atoms. The lowest BCUT2D eigenvalue weighted by atomic mass is 10.2. The molecule has 0 N–H and O–H groups in total. The van der Waals surface area contributed by atoms with Crippen LogP contribution in [-0.2, 0) is 13.1 Å². The first-order valence-corrected chi connectivity index (χ1v) is 8.24. The Bertz CT molecular complexity index is 895. The number of rotatable bonds is 2. The number of carbonyl (C=O) groups excluding carboxylic acids is 1. The number of halogens is 1. The molecule has 4 rings (SSSR count). The average Bonchev–Trinajstić information content (AvgIpc) is 3.05. The molecule has 1 aliphatic rings. The first-order chi connectivity index (χ1) is 11.7. The zero-order valence-electron chi connectivity index (χ0n) is 12.6.